The summed E-state index contributed by atoms with van der Waals surface area (Å²) < 4.78 is 11.2. The Bertz CT molecular complexity index is 1450. The fourth-order valence-electron chi connectivity index (χ4n) is 3.68. The number of carbonyl (C=O) groups excluding carboxylic acids is 2. The van der Waals surface area contributed by atoms with Gasteiger partial charge in [-0.2, -0.15) is 0 Å². The largest absolute Gasteiger partial charge is 0.479 e. The van der Waals surface area contributed by atoms with Gasteiger partial charge in [0.25, 0.3) is 5.91 Å². The highest BCUT2D eigenvalue weighted by atomic mass is 16.5. The van der Waals surface area contributed by atoms with Crippen molar-refractivity contribution < 1.29 is 19.1 Å². The van der Waals surface area contributed by atoms with Crippen LogP contribution in [-0.2, 0) is 0 Å². The van der Waals surface area contributed by atoms with E-state index in [9.17, 15) is 9.59 Å². The van der Waals surface area contributed by atoms with Crippen LogP contribution >= 0.6 is 0 Å². The predicted molar refractivity (Wildman–Crippen MR) is 130 cm³/mol. The van der Waals surface area contributed by atoms with Crippen LogP contribution in [0.25, 0.3) is 16.6 Å². The first kappa shape index (κ1) is 21.0. The van der Waals surface area contributed by atoms with Crippen molar-refractivity contribution in [2.24, 2.45) is 0 Å². The molecule has 168 valence electrons. The average molecular weight is 452 g/mol. The first-order valence-electron chi connectivity index (χ1n) is 10.4. The summed E-state index contributed by atoms with van der Waals surface area (Å²) in [7, 11) is 1.50. The number of nitrogens with zero attached hydrogens (tertiary/aromatic N) is 1. The highest BCUT2D eigenvalue weighted by molar-refractivity contribution is 6.09. The molecule has 0 fully saturated rings. The van der Waals surface area contributed by atoms with Crippen LogP contribution in [0.15, 0.2) is 79.4 Å². The van der Waals surface area contributed by atoms with Crippen LogP contribution in [0.4, 0.5) is 16.2 Å². The molecule has 0 spiro atoms. The Morgan fingerprint density at radius 2 is 1.71 bits per heavy atom. The summed E-state index contributed by atoms with van der Waals surface area (Å²) in [5, 5.41) is 9.13. The Hall–Kier alpha value is -4.85. The standard InChI is InChI=1S/C26H20N4O4/c1-15-21-14-19(11-12-20(21)24(31)27-15)34-18-9-7-17(8-10-18)28-26(32)30-23-13-16-5-3-4-6-22(16)29-25(23)33-2/h3-14H,1H2,2H3,(H,27,31)(H2,28,30,32). The van der Waals surface area contributed by atoms with Gasteiger partial charge < -0.3 is 25.4 Å². The molecule has 34 heavy (non-hydrogen) atoms. The minimum Gasteiger partial charge on any atom is -0.479 e. The fourth-order valence-corrected chi connectivity index (χ4v) is 3.68. The fraction of sp³-hybridized carbons (Fsp3) is 0.0385. The molecule has 0 radical (unpaired) electrons. The lowest BCUT2D eigenvalue weighted by atomic mass is 10.1. The van der Waals surface area contributed by atoms with Crippen LogP contribution in [0.5, 0.6) is 17.4 Å². The molecule has 0 aliphatic carbocycles. The summed E-state index contributed by atoms with van der Waals surface area (Å²) in [6.45, 7) is 3.84. The third-order valence-electron chi connectivity index (χ3n) is 5.30. The Labute approximate surface area is 195 Å². The van der Waals surface area contributed by atoms with Gasteiger partial charge in [0.15, 0.2) is 0 Å². The number of para-hydroxylation sites is 1. The van der Waals surface area contributed by atoms with Crippen LogP contribution in [0.3, 0.4) is 0 Å². The number of hydrogen-bond acceptors (Lipinski definition) is 5. The van der Waals surface area contributed by atoms with Gasteiger partial charge in [0.1, 0.15) is 17.2 Å². The van der Waals surface area contributed by atoms with E-state index in [1.54, 1.807) is 42.5 Å². The third-order valence-corrected chi connectivity index (χ3v) is 5.30. The molecule has 0 bridgehead atoms. The molecule has 8 nitrogen and oxygen atoms in total. The number of ether oxygens (including phenoxy) is 2. The molecule has 0 unspecified atom stereocenters. The van der Waals surface area contributed by atoms with Crippen molar-refractivity contribution >= 4 is 39.9 Å². The number of fused-ring (bicyclic) bond motifs is 2. The van der Waals surface area contributed by atoms with Gasteiger partial charge in [-0.3, -0.25) is 4.79 Å². The molecular formula is C26H20N4O4. The van der Waals surface area contributed by atoms with Gasteiger partial charge in [0.05, 0.1) is 12.6 Å². The van der Waals surface area contributed by atoms with Crippen molar-refractivity contribution in [1.82, 2.24) is 10.3 Å². The lowest BCUT2D eigenvalue weighted by Gasteiger charge is -2.12. The lowest BCUT2D eigenvalue weighted by Crippen LogP contribution is -2.20. The Morgan fingerprint density at radius 1 is 0.941 bits per heavy atom. The van der Waals surface area contributed by atoms with Gasteiger partial charge in [-0.25, -0.2) is 9.78 Å². The monoisotopic (exact) mass is 452 g/mol. The van der Waals surface area contributed by atoms with E-state index in [4.69, 9.17) is 9.47 Å². The number of aromatic nitrogens is 1. The number of hydrogen-bond donors (Lipinski definition) is 3. The minimum absolute atomic E-state index is 0.169. The molecule has 1 aliphatic rings. The quantitative estimate of drug-likeness (QED) is 0.377. The number of methoxy groups -OCH3 is 1. The Kier molecular flexibility index (Phi) is 5.31. The van der Waals surface area contributed by atoms with Gasteiger partial charge >= 0.3 is 6.03 Å². The van der Waals surface area contributed by atoms with Gasteiger partial charge in [-0.05, 0) is 54.6 Å². The summed E-state index contributed by atoms with van der Waals surface area (Å²) >= 11 is 0. The highest BCUT2D eigenvalue weighted by Gasteiger charge is 2.22. The van der Waals surface area contributed by atoms with E-state index in [1.165, 1.54) is 7.11 Å². The third kappa shape index (κ3) is 4.12. The highest BCUT2D eigenvalue weighted by Crippen LogP contribution is 2.31. The molecule has 0 saturated heterocycles. The number of urea groups is 1. The molecule has 1 aliphatic heterocycles. The number of carbonyl (C=O) groups is 2. The predicted octanol–water partition coefficient (Wildman–Crippen LogP) is 5.39. The van der Waals surface area contributed by atoms with Crippen LogP contribution in [0.1, 0.15) is 15.9 Å². The molecule has 2 heterocycles. The molecule has 3 N–H and O–H groups in total. The van der Waals surface area contributed by atoms with E-state index in [1.807, 2.05) is 30.3 Å². The maximum atomic E-state index is 12.5. The first-order valence-corrected chi connectivity index (χ1v) is 10.4. The summed E-state index contributed by atoms with van der Waals surface area (Å²) in [4.78, 5) is 28.8. The van der Waals surface area contributed by atoms with Gasteiger partial charge in [-0.1, -0.05) is 24.8 Å². The number of benzene rings is 3. The molecule has 1 aromatic heterocycles. The van der Waals surface area contributed by atoms with E-state index in [0.29, 0.717) is 40.0 Å². The summed E-state index contributed by atoms with van der Waals surface area (Å²) in [6, 6.07) is 21.1. The van der Waals surface area contributed by atoms with Crippen LogP contribution in [0, 0.1) is 0 Å². The van der Waals surface area contributed by atoms with Crippen molar-refractivity contribution in [2.45, 2.75) is 0 Å². The SMILES string of the molecule is C=C1NC(=O)c2ccc(Oc3ccc(NC(=O)Nc4cc5ccccc5nc4OC)cc3)cc21. The molecule has 0 atom stereocenters. The molecule has 3 amide bonds. The maximum absolute atomic E-state index is 12.5. The normalized spacial score (nSPS) is 12.1. The molecule has 4 aromatic rings. The van der Waals surface area contributed by atoms with Gasteiger partial charge in [0, 0.05) is 27.9 Å². The first-order chi connectivity index (χ1) is 16.5. The van der Waals surface area contributed by atoms with Gasteiger partial charge in [-0.15, -0.1) is 0 Å². The number of amides is 3. The molecular weight excluding hydrogens is 432 g/mol. The van der Waals surface area contributed by atoms with E-state index in [-0.39, 0.29) is 5.91 Å². The zero-order valence-corrected chi connectivity index (χ0v) is 18.2. The summed E-state index contributed by atoms with van der Waals surface area (Å²) in [5.74, 6) is 1.31. The zero-order valence-electron chi connectivity index (χ0n) is 18.2. The topological polar surface area (TPSA) is 102 Å². The number of nitrogens with one attached hydrogen (secondary N) is 3. The molecule has 0 saturated carbocycles. The van der Waals surface area contributed by atoms with Crippen LogP contribution < -0.4 is 25.4 Å². The number of rotatable bonds is 5. The van der Waals surface area contributed by atoms with Crippen molar-refractivity contribution in [3.63, 3.8) is 0 Å². The minimum atomic E-state index is -0.432. The Morgan fingerprint density at radius 3 is 2.50 bits per heavy atom. The van der Waals surface area contributed by atoms with E-state index >= 15 is 0 Å². The molecule has 3 aromatic carbocycles. The van der Waals surface area contributed by atoms with Crippen molar-refractivity contribution in [3.8, 4) is 17.4 Å². The van der Waals surface area contributed by atoms with E-state index < -0.39 is 6.03 Å². The second-order valence-electron chi connectivity index (χ2n) is 7.58. The number of anilines is 2. The van der Waals surface area contributed by atoms with Crippen LogP contribution in [0.2, 0.25) is 0 Å². The van der Waals surface area contributed by atoms with Crippen molar-refractivity contribution in [3.05, 3.63) is 90.5 Å². The van der Waals surface area contributed by atoms with E-state index in [0.717, 1.165) is 16.5 Å². The Balaban J connectivity index is 1.25. The molecule has 8 heteroatoms. The second-order valence-corrected chi connectivity index (χ2v) is 7.58. The van der Waals surface area contributed by atoms with Gasteiger partial charge in [0.2, 0.25) is 5.88 Å². The lowest BCUT2D eigenvalue weighted by molar-refractivity contribution is 0.0981. The van der Waals surface area contributed by atoms with E-state index in [2.05, 4.69) is 27.5 Å². The van der Waals surface area contributed by atoms with Crippen LogP contribution in [-0.4, -0.2) is 24.0 Å². The summed E-state index contributed by atoms with van der Waals surface area (Å²) in [5.41, 5.74) is 3.66. The van der Waals surface area contributed by atoms with Crippen molar-refractivity contribution in [2.75, 3.05) is 17.7 Å². The summed E-state index contributed by atoms with van der Waals surface area (Å²) in [6.07, 6.45) is 0. The van der Waals surface area contributed by atoms with Crippen molar-refractivity contribution in [1.29, 1.82) is 0 Å². The maximum Gasteiger partial charge on any atom is 0.323 e. The second kappa shape index (κ2) is 8.59. The molecule has 5 rings (SSSR count). The number of pyridine rings is 1. The zero-order chi connectivity index (χ0) is 23.7. The smallest absolute Gasteiger partial charge is 0.323 e. The average Bonchev–Trinajstić information content (AvgIpc) is 3.12.